The van der Waals surface area contributed by atoms with Crippen LogP contribution in [0.1, 0.15) is 12.5 Å². The van der Waals surface area contributed by atoms with E-state index in [0.29, 0.717) is 0 Å². The molecule has 0 saturated carbocycles. The lowest BCUT2D eigenvalue weighted by atomic mass is 10.1. The molecule has 0 aliphatic heterocycles. The average Bonchev–Trinajstić information content (AvgIpc) is 2.35. The molecule has 0 bridgehead atoms. The Bertz CT molecular complexity index is 472. The molecule has 4 nitrogen and oxygen atoms in total. The van der Waals surface area contributed by atoms with E-state index in [1.54, 1.807) is 0 Å². The molecule has 0 radical (unpaired) electrons. The van der Waals surface area contributed by atoms with Crippen LogP contribution in [0.5, 0.6) is 0 Å². The minimum atomic E-state index is -0.612. The molecule has 18 heavy (non-hydrogen) atoms. The molecular formula is C14H17NO3. The molecule has 0 fully saturated rings. The highest BCUT2D eigenvalue weighted by molar-refractivity contribution is 6.19. The van der Waals surface area contributed by atoms with Crippen molar-refractivity contribution >= 4 is 23.5 Å². The topological polar surface area (TPSA) is 46.6 Å². The molecular weight excluding hydrogens is 230 g/mol. The Morgan fingerprint density at radius 2 is 1.72 bits per heavy atom. The minimum Gasteiger partial charge on any atom is -0.465 e. The van der Waals surface area contributed by atoms with Crippen molar-refractivity contribution in [3.63, 3.8) is 0 Å². The summed E-state index contributed by atoms with van der Waals surface area (Å²) in [6.07, 6.45) is 1.54. The number of carbonyl (C=O) groups is 2. The zero-order valence-corrected chi connectivity index (χ0v) is 11.1. The quantitative estimate of drug-likeness (QED) is 0.353. The summed E-state index contributed by atoms with van der Waals surface area (Å²) < 4.78 is 4.57. The Morgan fingerprint density at radius 1 is 1.17 bits per heavy atom. The lowest BCUT2D eigenvalue weighted by molar-refractivity contribution is -0.137. The van der Waals surface area contributed by atoms with E-state index in [9.17, 15) is 9.59 Å². The van der Waals surface area contributed by atoms with Crippen molar-refractivity contribution in [2.45, 2.75) is 6.92 Å². The van der Waals surface area contributed by atoms with Crippen LogP contribution in [0.4, 0.5) is 5.69 Å². The van der Waals surface area contributed by atoms with Crippen molar-refractivity contribution < 1.29 is 14.3 Å². The predicted molar refractivity (Wildman–Crippen MR) is 71.4 cm³/mol. The number of ketones is 1. The van der Waals surface area contributed by atoms with Crippen molar-refractivity contribution in [2.75, 3.05) is 26.1 Å². The van der Waals surface area contributed by atoms with Gasteiger partial charge < -0.3 is 9.64 Å². The number of esters is 1. The van der Waals surface area contributed by atoms with Gasteiger partial charge in [0.15, 0.2) is 5.78 Å². The summed E-state index contributed by atoms with van der Waals surface area (Å²) in [6.45, 7) is 1.34. The van der Waals surface area contributed by atoms with Gasteiger partial charge in [0.1, 0.15) is 5.57 Å². The van der Waals surface area contributed by atoms with Gasteiger partial charge in [0.05, 0.1) is 7.11 Å². The number of anilines is 1. The van der Waals surface area contributed by atoms with Crippen LogP contribution >= 0.6 is 0 Å². The lowest BCUT2D eigenvalue weighted by Crippen LogP contribution is -2.11. The first-order valence-corrected chi connectivity index (χ1v) is 5.54. The Balaban J connectivity index is 3.05. The number of methoxy groups -OCH3 is 1. The van der Waals surface area contributed by atoms with Crippen LogP contribution < -0.4 is 4.90 Å². The fraction of sp³-hybridized carbons (Fsp3) is 0.286. The summed E-state index contributed by atoms with van der Waals surface area (Å²) >= 11 is 0. The van der Waals surface area contributed by atoms with E-state index in [4.69, 9.17) is 0 Å². The van der Waals surface area contributed by atoms with Crippen molar-refractivity contribution in [3.8, 4) is 0 Å². The Labute approximate surface area is 107 Å². The lowest BCUT2D eigenvalue weighted by Gasteiger charge is -2.12. The third kappa shape index (κ3) is 3.45. The highest BCUT2D eigenvalue weighted by Crippen LogP contribution is 2.15. The van der Waals surface area contributed by atoms with Crippen LogP contribution in [0.3, 0.4) is 0 Å². The van der Waals surface area contributed by atoms with Gasteiger partial charge in [0.25, 0.3) is 0 Å². The second-order valence-corrected chi connectivity index (χ2v) is 4.09. The maximum absolute atomic E-state index is 11.4. The van der Waals surface area contributed by atoms with Crippen LogP contribution in [0.25, 0.3) is 6.08 Å². The number of hydrogen-bond donors (Lipinski definition) is 0. The number of ether oxygens (including phenoxy) is 1. The molecule has 1 rings (SSSR count). The van der Waals surface area contributed by atoms with E-state index in [1.165, 1.54) is 20.1 Å². The average molecular weight is 247 g/mol. The molecule has 0 amide bonds. The van der Waals surface area contributed by atoms with Crippen LogP contribution in [0, 0.1) is 0 Å². The van der Waals surface area contributed by atoms with Crippen molar-refractivity contribution in [1.29, 1.82) is 0 Å². The smallest absolute Gasteiger partial charge is 0.341 e. The highest BCUT2D eigenvalue weighted by atomic mass is 16.5. The van der Waals surface area contributed by atoms with Crippen LogP contribution in [-0.2, 0) is 14.3 Å². The van der Waals surface area contributed by atoms with Gasteiger partial charge in [-0.05, 0) is 30.7 Å². The minimum absolute atomic E-state index is 0.0510. The Hall–Kier alpha value is -2.10. The number of Topliss-reactive ketones (excluding diaryl/α,β-unsaturated/α-hetero) is 1. The fourth-order valence-electron chi connectivity index (χ4n) is 1.45. The van der Waals surface area contributed by atoms with Gasteiger partial charge in [-0.2, -0.15) is 0 Å². The second-order valence-electron chi connectivity index (χ2n) is 4.09. The Kier molecular flexibility index (Phi) is 4.66. The molecule has 96 valence electrons. The molecule has 0 unspecified atom stereocenters. The highest BCUT2D eigenvalue weighted by Gasteiger charge is 2.14. The van der Waals surface area contributed by atoms with E-state index >= 15 is 0 Å². The molecule has 0 spiro atoms. The van der Waals surface area contributed by atoms with E-state index in [1.807, 2.05) is 43.3 Å². The molecule has 0 aliphatic rings. The van der Waals surface area contributed by atoms with Crippen molar-refractivity contribution in [1.82, 2.24) is 0 Å². The van der Waals surface area contributed by atoms with Gasteiger partial charge in [0.2, 0.25) is 0 Å². The third-order valence-corrected chi connectivity index (χ3v) is 2.51. The molecule has 0 N–H and O–H groups in total. The monoisotopic (exact) mass is 247 g/mol. The first kappa shape index (κ1) is 14.0. The molecule has 0 aliphatic carbocycles. The largest absolute Gasteiger partial charge is 0.465 e. The van der Waals surface area contributed by atoms with E-state index in [2.05, 4.69) is 4.74 Å². The summed E-state index contributed by atoms with van der Waals surface area (Å²) in [7, 11) is 5.15. The molecule has 4 heteroatoms. The predicted octanol–water partition coefficient (Wildman–Crippen LogP) is 1.90. The van der Waals surface area contributed by atoms with E-state index in [0.717, 1.165) is 11.3 Å². The molecule has 0 aromatic heterocycles. The van der Waals surface area contributed by atoms with E-state index in [-0.39, 0.29) is 11.4 Å². The number of hydrogen-bond acceptors (Lipinski definition) is 4. The summed E-state index contributed by atoms with van der Waals surface area (Å²) in [6, 6.07) is 7.53. The Morgan fingerprint density at radius 3 is 2.11 bits per heavy atom. The maximum Gasteiger partial charge on any atom is 0.341 e. The molecule has 0 saturated heterocycles. The van der Waals surface area contributed by atoms with Gasteiger partial charge in [-0.15, -0.1) is 0 Å². The summed E-state index contributed by atoms with van der Waals surface area (Å²) in [5.41, 5.74) is 1.89. The van der Waals surface area contributed by atoms with Crippen LogP contribution in [-0.4, -0.2) is 33.0 Å². The van der Waals surface area contributed by atoms with Crippen molar-refractivity contribution in [3.05, 3.63) is 35.4 Å². The molecule has 0 heterocycles. The molecule has 1 aromatic carbocycles. The number of carbonyl (C=O) groups excluding carboxylic acids is 2. The van der Waals surface area contributed by atoms with Crippen LogP contribution in [0.2, 0.25) is 0 Å². The van der Waals surface area contributed by atoms with Gasteiger partial charge in [-0.3, -0.25) is 4.79 Å². The normalized spacial score (nSPS) is 11.0. The summed E-state index contributed by atoms with van der Waals surface area (Å²) in [5.74, 6) is -0.919. The number of rotatable bonds is 4. The van der Waals surface area contributed by atoms with Gasteiger partial charge in [-0.1, -0.05) is 12.1 Å². The summed E-state index contributed by atoms with van der Waals surface area (Å²) in [5, 5.41) is 0. The molecule has 0 atom stereocenters. The maximum atomic E-state index is 11.4. The van der Waals surface area contributed by atoms with Crippen LogP contribution in [0.15, 0.2) is 29.8 Å². The standard InChI is InChI=1S/C14H17NO3/c1-10(16)13(14(17)18-4)9-11-5-7-12(8-6-11)15(2)3/h5-9H,1-4H3/b13-9+. The van der Waals surface area contributed by atoms with Gasteiger partial charge in [0, 0.05) is 19.8 Å². The first-order chi connectivity index (χ1) is 8.45. The number of nitrogens with zero attached hydrogens (tertiary/aromatic N) is 1. The van der Waals surface area contributed by atoms with Gasteiger partial charge >= 0.3 is 5.97 Å². The third-order valence-electron chi connectivity index (χ3n) is 2.51. The number of benzene rings is 1. The van der Waals surface area contributed by atoms with Crippen molar-refractivity contribution in [2.24, 2.45) is 0 Å². The van der Waals surface area contributed by atoms with E-state index < -0.39 is 5.97 Å². The zero-order valence-electron chi connectivity index (χ0n) is 11.1. The van der Waals surface area contributed by atoms with Gasteiger partial charge in [-0.25, -0.2) is 4.79 Å². The zero-order chi connectivity index (χ0) is 13.7. The molecule has 1 aromatic rings. The fourth-order valence-corrected chi connectivity index (χ4v) is 1.45. The second kappa shape index (κ2) is 6.00. The summed E-state index contributed by atoms with van der Waals surface area (Å²) in [4.78, 5) is 24.7. The SMILES string of the molecule is COC(=O)/C(=C/c1ccc(N(C)C)cc1)C(C)=O. The first-order valence-electron chi connectivity index (χ1n) is 5.54.